The first-order chi connectivity index (χ1) is 13.5. The molecule has 0 radical (unpaired) electrons. The van der Waals surface area contributed by atoms with E-state index >= 15 is 0 Å². The van der Waals surface area contributed by atoms with Gasteiger partial charge in [0.15, 0.2) is 0 Å². The van der Waals surface area contributed by atoms with Gasteiger partial charge >= 0.3 is 0 Å². The Labute approximate surface area is 176 Å². The van der Waals surface area contributed by atoms with Crippen molar-refractivity contribution in [2.75, 3.05) is 6.54 Å². The summed E-state index contributed by atoms with van der Waals surface area (Å²) in [5.74, 6) is 0.257. The minimum absolute atomic E-state index is 0.225. The summed E-state index contributed by atoms with van der Waals surface area (Å²) in [6.45, 7) is 5.08. The van der Waals surface area contributed by atoms with Gasteiger partial charge in [-0.1, -0.05) is 41.9 Å². The molecule has 0 saturated carbocycles. The van der Waals surface area contributed by atoms with E-state index in [4.69, 9.17) is 5.73 Å². The van der Waals surface area contributed by atoms with Crippen molar-refractivity contribution in [1.29, 1.82) is 0 Å². The van der Waals surface area contributed by atoms with Crippen LogP contribution < -0.4 is 5.73 Å². The lowest BCUT2D eigenvalue weighted by Gasteiger charge is -2.35. The van der Waals surface area contributed by atoms with Crippen molar-refractivity contribution in [3.05, 3.63) is 45.6 Å². The second kappa shape index (κ2) is 8.31. The van der Waals surface area contributed by atoms with Gasteiger partial charge in [-0.25, -0.2) is 0 Å². The molecular formula is C23H32BrN3O. The zero-order chi connectivity index (χ0) is 19.8. The fourth-order valence-corrected chi connectivity index (χ4v) is 5.16. The van der Waals surface area contributed by atoms with Crippen molar-refractivity contribution < 1.29 is 5.11 Å². The van der Waals surface area contributed by atoms with E-state index in [9.17, 15) is 5.11 Å². The minimum Gasteiger partial charge on any atom is -0.377 e. The molecule has 1 aromatic heterocycles. The predicted octanol–water partition coefficient (Wildman–Crippen LogP) is 4.76. The molecule has 28 heavy (non-hydrogen) atoms. The van der Waals surface area contributed by atoms with Crippen molar-refractivity contribution in [3.63, 3.8) is 0 Å². The van der Waals surface area contributed by atoms with Crippen LogP contribution in [0.4, 0.5) is 0 Å². The molecular weight excluding hydrogens is 414 g/mol. The molecule has 1 aromatic carbocycles. The summed E-state index contributed by atoms with van der Waals surface area (Å²) in [6.07, 6.45) is 6.36. The highest BCUT2D eigenvalue weighted by molar-refractivity contribution is 9.10. The number of rotatable bonds is 5. The fourth-order valence-electron chi connectivity index (χ4n) is 4.89. The number of halogens is 1. The Balaban J connectivity index is 1.72. The van der Waals surface area contributed by atoms with Crippen molar-refractivity contribution in [1.82, 2.24) is 9.88 Å². The molecule has 4 rings (SSSR count). The fraction of sp³-hybridized carbons (Fsp3) is 0.565. The minimum atomic E-state index is -0.592. The number of nitrogens with zero attached hydrogens (tertiary/aromatic N) is 1. The number of hydrogen-bond acceptors (Lipinski definition) is 3. The second-order valence-electron chi connectivity index (χ2n) is 8.72. The number of nitrogens with one attached hydrogen (secondary N) is 1. The Morgan fingerprint density at radius 3 is 2.46 bits per heavy atom. The zero-order valence-electron chi connectivity index (χ0n) is 16.9. The molecule has 152 valence electrons. The molecule has 1 aliphatic carbocycles. The molecule has 0 bridgehead atoms. The van der Waals surface area contributed by atoms with Gasteiger partial charge in [0.1, 0.15) is 6.23 Å². The van der Waals surface area contributed by atoms with Gasteiger partial charge in [0.05, 0.1) is 6.04 Å². The summed E-state index contributed by atoms with van der Waals surface area (Å²) >= 11 is 3.54. The average molecular weight is 446 g/mol. The molecule has 3 atom stereocenters. The summed E-state index contributed by atoms with van der Waals surface area (Å²) in [6, 6.07) is 8.60. The van der Waals surface area contributed by atoms with Crippen molar-refractivity contribution in [2.45, 2.75) is 70.7 Å². The molecule has 0 amide bonds. The van der Waals surface area contributed by atoms with E-state index in [-0.39, 0.29) is 18.0 Å². The molecule has 2 aliphatic rings. The molecule has 1 aliphatic heterocycles. The first-order valence-corrected chi connectivity index (χ1v) is 11.5. The first kappa shape index (κ1) is 20.1. The third-order valence-electron chi connectivity index (χ3n) is 6.57. The highest BCUT2D eigenvalue weighted by atomic mass is 79.9. The zero-order valence-corrected chi connectivity index (χ0v) is 18.5. The normalized spacial score (nSPS) is 22.4. The molecule has 4 N–H and O–H groups in total. The Morgan fingerprint density at radius 2 is 1.79 bits per heavy atom. The van der Waals surface area contributed by atoms with Crippen LogP contribution in [0.5, 0.6) is 0 Å². The summed E-state index contributed by atoms with van der Waals surface area (Å²) in [5.41, 5.74) is 13.1. The van der Waals surface area contributed by atoms with E-state index in [1.165, 1.54) is 40.9 Å². The van der Waals surface area contributed by atoms with Crippen LogP contribution in [0.25, 0.3) is 11.3 Å². The molecule has 1 fully saturated rings. The van der Waals surface area contributed by atoms with Crippen LogP contribution in [0.2, 0.25) is 0 Å². The van der Waals surface area contributed by atoms with E-state index in [1.807, 2.05) is 0 Å². The lowest BCUT2D eigenvalue weighted by Crippen LogP contribution is -2.50. The molecule has 1 unspecified atom stereocenters. The molecule has 2 aromatic rings. The van der Waals surface area contributed by atoms with Crippen molar-refractivity contribution in [2.24, 2.45) is 11.7 Å². The van der Waals surface area contributed by atoms with E-state index in [0.717, 1.165) is 36.7 Å². The largest absolute Gasteiger partial charge is 0.377 e. The van der Waals surface area contributed by atoms with Gasteiger partial charge in [-0.15, -0.1) is 0 Å². The van der Waals surface area contributed by atoms with Gasteiger partial charge in [0, 0.05) is 28.4 Å². The highest BCUT2D eigenvalue weighted by Gasteiger charge is 2.37. The Bertz CT molecular complexity index is 814. The third kappa shape index (κ3) is 3.70. The number of nitrogens with two attached hydrogens (primary N) is 1. The standard InChI is InChI=1S/C23H32BrN3O/c1-14(2)20(25)23(28)27-13-5-8-19(27)22-18-7-4-3-6-17(18)21(26-22)15-9-11-16(24)12-10-15/h9-12,14,19-20,23,26,28H,3-8,13,25H2,1-2H3/t19-,20-,23?/m0/s1. The summed E-state index contributed by atoms with van der Waals surface area (Å²) in [5, 5.41) is 11.0. The van der Waals surface area contributed by atoms with Gasteiger partial charge in [0.2, 0.25) is 0 Å². The molecule has 1 saturated heterocycles. The number of likely N-dealkylation sites (tertiary alicyclic amines) is 1. The van der Waals surface area contributed by atoms with Crippen LogP contribution in [-0.2, 0) is 12.8 Å². The summed E-state index contributed by atoms with van der Waals surface area (Å²) in [7, 11) is 0. The maximum atomic E-state index is 11.0. The number of aromatic nitrogens is 1. The van der Waals surface area contributed by atoms with Crippen LogP contribution in [0, 0.1) is 5.92 Å². The van der Waals surface area contributed by atoms with Crippen LogP contribution in [0.1, 0.15) is 62.4 Å². The maximum Gasteiger partial charge on any atom is 0.123 e. The lowest BCUT2D eigenvalue weighted by molar-refractivity contribution is -0.0345. The quantitative estimate of drug-likeness (QED) is 0.621. The molecule has 2 heterocycles. The van der Waals surface area contributed by atoms with E-state index < -0.39 is 6.23 Å². The topological polar surface area (TPSA) is 65.3 Å². The van der Waals surface area contributed by atoms with E-state index in [2.05, 4.69) is 63.9 Å². The predicted molar refractivity (Wildman–Crippen MR) is 118 cm³/mol. The first-order valence-electron chi connectivity index (χ1n) is 10.7. The van der Waals surface area contributed by atoms with Crippen molar-refractivity contribution >= 4 is 15.9 Å². The Hall–Kier alpha value is -1.14. The van der Waals surface area contributed by atoms with Crippen molar-refractivity contribution in [3.8, 4) is 11.3 Å². The third-order valence-corrected chi connectivity index (χ3v) is 7.10. The molecule has 0 spiro atoms. The van der Waals surface area contributed by atoms with Gasteiger partial charge in [-0.05, 0) is 73.3 Å². The number of benzene rings is 1. The number of aromatic amines is 1. The Morgan fingerprint density at radius 1 is 1.11 bits per heavy atom. The average Bonchev–Trinajstić information content (AvgIpc) is 3.32. The molecule has 5 heteroatoms. The van der Waals surface area contributed by atoms with E-state index in [0.29, 0.717) is 0 Å². The maximum absolute atomic E-state index is 11.0. The monoisotopic (exact) mass is 445 g/mol. The number of H-pyrrole nitrogens is 1. The van der Waals surface area contributed by atoms with Crippen LogP contribution in [0.3, 0.4) is 0 Å². The van der Waals surface area contributed by atoms with Crippen LogP contribution in [0.15, 0.2) is 28.7 Å². The number of hydrogen-bond donors (Lipinski definition) is 3. The smallest absolute Gasteiger partial charge is 0.123 e. The molecule has 4 nitrogen and oxygen atoms in total. The van der Waals surface area contributed by atoms with E-state index in [1.54, 1.807) is 0 Å². The number of aliphatic hydroxyl groups excluding tert-OH is 1. The summed E-state index contributed by atoms with van der Waals surface area (Å²) < 4.78 is 1.10. The van der Waals surface area contributed by atoms with Crippen LogP contribution in [-0.4, -0.2) is 33.8 Å². The van der Waals surface area contributed by atoms with Gasteiger partial charge in [-0.3, -0.25) is 4.90 Å². The summed E-state index contributed by atoms with van der Waals surface area (Å²) in [4.78, 5) is 6.05. The SMILES string of the molecule is CC(C)[C@H](N)C(O)N1CCC[C@H]1c1[nH]c(-c2ccc(Br)cc2)c2c1CCCC2. The van der Waals surface area contributed by atoms with Gasteiger partial charge < -0.3 is 15.8 Å². The van der Waals surface area contributed by atoms with Gasteiger partial charge in [0.25, 0.3) is 0 Å². The Kier molecular flexibility index (Phi) is 5.98. The lowest BCUT2D eigenvalue weighted by atomic mass is 9.89. The van der Waals surface area contributed by atoms with Crippen LogP contribution >= 0.6 is 15.9 Å². The number of aliphatic hydroxyl groups is 1. The number of fused-ring (bicyclic) bond motifs is 1. The highest BCUT2D eigenvalue weighted by Crippen LogP contribution is 2.42. The van der Waals surface area contributed by atoms with Gasteiger partial charge in [-0.2, -0.15) is 0 Å². The second-order valence-corrected chi connectivity index (χ2v) is 9.63.